The van der Waals surface area contributed by atoms with Gasteiger partial charge in [0.1, 0.15) is 11.3 Å². The Hall–Kier alpha value is -3.68. The summed E-state index contributed by atoms with van der Waals surface area (Å²) >= 11 is 0. The molecule has 25 heavy (non-hydrogen) atoms. The lowest BCUT2D eigenvalue weighted by Crippen LogP contribution is -2.08. The van der Waals surface area contributed by atoms with Crippen LogP contribution >= 0.6 is 0 Å². The lowest BCUT2D eigenvalue weighted by Gasteiger charge is -2.03. The van der Waals surface area contributed by atoms with Crippen LogP contribution in [0.15, 0.2) is 48.4 Å². The van der Waals surface area contributed by atoms with Crippen LogP contribution in [0.2, 0.25) is 0 Å². The molecule has 3 aromatic heterocycles. The minimum Gasteiger partial charge on any atom is -0.400 e. The number of H-pyrrole nitrogens is 1. The van der Waals surface area contributed by atoms with Crippen LogP contribution in [0.25, 0.3) is 33.1 Å². The molecule has 0 spiro atoms. The average molecular weight is 332 g/mol. The number of rotatable bonds is 4. The Kier molecular flexibility index (Phi) is 3.42. The van der Waals surface area contributed by atoms with Crippen LogP contribution in [0.1, 0.15) is 0 Å². The van der Waals surface area contributed by atoms with Crippen LogP contribution in [-0.2, 0) is 6.54 Å². The Balaban J connectivity index is 1.86. The highest BCUT2D eigenvalue weighted by Crippen LogP contribution is 2.29. The molecule has 0 amide bonds. The molecule has 0 radical (unpaired) electrons. The SMILES string of the molecule is N=CC=C(N)Cn1cc2c(N)nc3cc(-c4ccn[nH]4)ccc3c2n1. The van der Waals surface area contributed by atoms with Crippen molar-refractivity contribution in [2.45, 2.75) is 6.54 Å². The Morgan fingerprint density at radius 1 is 1.28 bits per heavy atom. The maximum Gasteiger partial charge on any atom is 0.135 e. The number of nitrogens with one attached hydrogen (secondary N) is 2. The van der Waals surface area contributed by atoms with E-state index in [0.29, 0.717) is 18.1 Å². The lowest BCUT2D eigenvalue weighted by molar-refractivity contribution is 0.682. The second kappa shape index (κ2) is 5.75. The van der Waals surface area contributed by atoms with Gasteiger partial charge in [-0.3, -0.25) is 9.78 Å². The second-order valence-corrected chi connectivity index (χ2v) is 5.70. The van der Waals surface area contributed by atoms with Crippen molar-refractivity contribution in [3.05, 3.63) is 48.4 Å². The summed E-state index contributed by atoms with van der Waals surface area (Å²) in [6.07, 6.45) is 6.21. The molecular weight excluding hydrogens is 316 g/mol. The number of hydrogen-bond donors (Lipinski definition) is 4. The number of allylic oxidation sites excluding steroid dienone is 2. The number of nitrogens with two attached hydrogens (primary N) is 2. The van der Waals surface area contributed by atoms with E-state index in [9.17, 15) is 0 Å². The van der Waals surface area contributed by atoms with Crippen LogP contribution in [-0.4, -0.2) is 31.2 Å². The molecule has 0 bridgehead atoms. The van der Waals surface area contributed by atoms with E-state index >= 15 is 0 Å². The van der Waals surface area contributed by atoms with Crippen molar-refractivity contribution in [1.82, 2.24) is 25.0 Å². The fraction of sp³-hybridized carbons (Fsp3) is 0.0588. The van der Waals surface area contributed by atoms with E-state index < -0.39 is 0 Å². The predicted octanol–water partition coefficient (Wildman–Crippen LogP) is 2.05. The van der Waals surface area contributed by atoms with Crippen LogP contribution in [0, 0.1) is 5.41 Å². The van der Waals surface area contributed by atoms with Gasteiger partial charge >= 0.3 is 0 Å². The number of anilines is 1. The van der Waals surface area contributed by atoms with Crippen LogP contribution < -0.4 is 11.5 Å². The minimum absolute atomic E-state index is 0.386. The third-order valence-electron chi connectivity index (χ3n) is 3.99. The molecule has 6 N–H and O–H groups in total. The maximum absolute atomic E-state index is 7.08. The quantitative estimate of drug-likeness (QED) is 0.424. The molecule has 3 heterocycles. The molecule has 0 saturated carbocycles. The molecule has 0 saturated heterocycles. The third-order valence-corrected chi connectivity index (χ3v) is 3.99. The molecule has 124 valence electrons. The standard InChI is InChI=1S/C17H16N8/c18-5-3-11(19)8-25-9-13-16(24-25)12-2-1-10(14-4-6-21-23-14)7-15(12)22-17(13)20/h1-7,9,18H,8,19H2,(H2,20,22)(H,21,23). The van der Waals surface area contributed by atoms with Gasteiger partial charge in [-0.1, -0.05) is 6.07 Å². The van der Waals surface area contributed by atoms with E-state index in [0.717, 1.165) is 39.3 Å². The zero-order valence-corrected chi connectivity index (χ0v) is 13.3. The lowest BCUT2D eigenvalue weighted by atomic mass is 10.1. The summed E-state index contributed by atoms with van der Waals surface area (Å²) in [5, 5.41) is 20.3. The smallest absolute Gasteiger partial charge is 0.135 e. The Labute approximate surface area is 142 Å². The Morgan fingerprint density at radius 3 is 2.92 bits per heavy atom. The molecule has 8 heteroatoms. The largest absolute Gasteiger partial charge is 0.400 e. The minimum atomic E-state index is 0.386. The highest BCUT2D eigenvalue weighted by molar-refractivity contribution is 6.08. The zero-order chi connectivity index (χ0) is 17.4. The Bertz CT molecular complexity index is 1100. The van der Waals surface area contributed by atoms with E-state index in [4.69, 9.17) is 16.9 Å². The first kappa shape index (κ1) is 14.9. The topological polar surface area (TPSA) is 135 Å². The maximum atomic E-state index is 7.08. The second-order valence-electron chi connectivity index (χ2n) is 5.70. The number of aromatic amines is 1. The van der Waals surface area contributed by atoms with Gasteiger partial charge in [0.05, 0.1) is 23.1 Å². The highest BCUT2D eigenvalue weighted by atomic mass is 15.3. The van der Waals surface area contributed by atoms with E-state index in [1.54, 1.807) is 10.9 Å². The highest BCUT2D eigenvalue weighted by Gasteiger charge is 2.12. The van der Waals surface area contributed by atoms with Crippen molar-refractivity contribution in [3.63, 3.8) is 0 Å². The van der Waals surface area contributed by atoms with Crippen LogP contribution in [0.5, 0.6) is 0 Å². The summed E-state index contributed by atoms with van der Waals surface area (Å²) in [4.78, 5) is 4.51. The number of nitrogen functional groups attached to an aromatic ring is 1. The molecule has 4 aromatic rings. The van der Waals surface area contributed by atoms with Crippen molar-refractivity contribution >= 4 is 33.8 Å². The molecule has 0 aliphatic carbocycles. The number of hydrogen-bond acceptors (Lipinski definition) is 6. The monoisotopic (exact) mass is 332 g/mol. The van der Waals surface area contributed by atoms with Crippen molar-refractivity contribution in [2.24, 2.45) is 5.73 Å². The van der Waals surface area contributed by atoms with Gasteiger partial charge in [0.25, 0.3) is 0 Å². The zero-order valence-electron chi connectivity index (χ0n) is 13.3. The van der Waals surface area contributed by atoms with Crippen LogP contribution in [0.3, 0.4) is 0 Å². The normalized spacial score (nSPS) is 12.1. The number of aromatic nitrogens is 5. The number of benzene rings is 1. The molecule has 4 rings (SSSR count). The van der Waals surface area contributed by atoms with E-state index in [1.165, 1.54) is 6.08 Å². The fourth-order valence-electron chi connectivity index (χ4n) is 2.83. The summed E-state index contributed by atoms with van der Waals surface area (Å²) in [5.74, 6) is 0.421. The first-order valence-corrected chi connectivity index (χ1v) is 7.67. The average Bonchev–Trinajstić information content (AvgIpc) is 3.24. The van der Waals surface area contributed by atoms with E-state index in [2.05, 4.69) is 20.3 Å². The summed E-state index contributed by atoms with van der Waals surface area (Å²) < 4.78 is 1.71. The van der Waals surface area contributed by atoms with Crippen molar-refractivity contribution < 1.29 is 0 Å². The molecule has 0 aliphatic rings. The first-order valence-electron chi connectivity index (χ1n) is 7.67. The number of fused-ring (bicyclic) bond motifs is 3. The van der Waals surface area contributed by atoms with Crippen LogP contribution in [0.4, 0.5) is 5.82 Å². The molecule has 0 unspecified atom stereocenters. The molecule has 8 nitrogen and oxygen atoms in total. The van der Waals surface area contributed by atoms with Gasteiger partial charge in [-0.25, -0.2) is 4.98 Å². The summed E-state index contributed by atoms with van der Waals surface area (Å²) in [6, 6.07) is 7.83. The van der Waals surface area contributed by atoms with Gasteiger partial charge in [0, 0.05) is 35.3 Å². The van der Waals surface area contributed by atoms with Gasteiger partial charge in [0.15, 0.2) is 0 Å². The molecule has 0 fully saturated rings. The summed E-state index contributed by atoms with van der Waals surface area (Å²) in [6.45, 7) is 0.386. The van der Waals surface area contributed by atoms with Gasteiger partial charge in [-0.2, -0.15) is 10.2 Å². The molecule has 1 aromatic carbocycles. The Morgan fingerprint density at radius 2 is 2.16 bits per heavy atom. The first-order chi connectivity index (χ1) is 12.2. The van der Waals surface area contributed by atoms with Crippen molar-refractivity contribution in [2.75, 3.05) is 5.73 Å². The summed E-state index contributed by atoms with van der Waals surface area (Å²) in [7, 11) is 0. The number of pyridine rings is 1. The molecule has 0 aliphatic heterocycles. The van der Waals surface area contributed by atoms with E-state index in [1.807, 2.05) is 30.5 Å². The van der Waals surface area contributed by atoms with E-state index in [-0.39, 0.29) is 0 Å². The molecule has 0 atom stereocenters. The van der Waals surface area contributed by atoms with Gasteiger partial charge in [-0.05, 0) is 24.3 Å². The number of nitrogens with zero attached hydrogens (tertiary/aromatic N) is 4. The van der Waals surface area contributed by atoms with Crippen molar-refractivity contribution in [1.29, 1.82) is 5.41 Å². The predicted molar refractivity (Wildman–Crippen MR) is 98.1 cm³/mol. The summed E-state index contributed by atoms with van der Waals surface area (Å²) in [5.41, 5.74) is 16.0. The van der Waals surface area contributed by atoms with Gasteiger partial charge in [-0.15, -0.1) is 0 Å². The van der Waals surface area contributed by atoms with Gasteiger partial charge < -0.3 is 16.9 Å². The third kappa shape index (κ3) is 2.59. The fourth-order valence-corrected chi connectivity index (χ4v) is 2.83. The van der Waals surface area contributed by atoms with Gasteiger partial charge in [0.2, 0.25) is 0 Å². The van der Waals surface area contributed by atoms with Crippen molar-refractivity contribution in [3.8, 4) is 11.3 Å². The molecular formula is C17H16N8.